The summed E-state index contributed by atoms with van der Waals surface area (Å²) < 4.78 is 12.7. The van der Waals surface area contributed by atoms with Gasteiger partial charge in [-0.3, -0.25) is 0 Å². The molecular weight excluding hydrogens is 330 g/mol. The zero-order chi connectivity index (χ0) is 15.1. The van der Waals surface area contributed by atoms with E-state index in [-0.39, 0.29) is 0 Å². The lowest BCUT2D eigenvalue weighted by Gasteiger charge is -2.21. The van der Waals surface area contributed by atoms with Gasteiger partial charge >= 0.3 is 0 Å². The van der Waals surface area contributed by atoms with Crippen molar-refractivity contribution in [2.45, 2.75) is 52.0 Å². The van der Waals surface area contributed by atoms with E-state index in [0.717, 1.165) is 48.6 Å². The van der Waals surface area contributed by atoms with Crippen LogP contribution in [0.25, 0.3) is 0 Å². The van der Waals surface area contributed by atoms with Crippen LogP contribution in [0.5, 0.6) is 11.5 Å². The third-order valence-electron chi connectivity index (χ3n) is 3.79. The highest BCUT2D eigenvalue weighted by Crippen LogP contribution is 2.38. The normalized spacial score (nSPS) is 15.6. The predicted molar refractivity (Wildman–Crippen MR) is 90.3 cm³/mol. The van der Waals surface area contributed by atoms with E-state index in [1.165, 1.54) is 24.8 Å². The maximum atomic E-state index is 5.82. The summed E-state index contributed by atoms with van der Waals surface area (Å²) in [4.78, 5) is 0. The Labute approximate surface area is 136 Å². The molecule has 0 spiro atoms. The highest BCUT2D eigenvalue weighted by atomic mass is 79.9. The number of fused-ring (bicyclic) bond motifs is 1. The molecule has 1 N–H and O–H groups in total. The van der Waals surface area contributed by atoms with Crippen molar-refractivity contribution < 1.29 is 9.47 Å². The van der Waals surface area contributed by atoms with Gasteiger partial charge in [-0.2, -0.15) is 0 Å². The first kappa shape index (κ1) is 16.6. The van der Waals surface area contributed by atoms with Gasteiger partial charge < -0.3 is 14.8 Å². The van der Waals surface area contributed by atoms with Crippen LogP contribution < -0.4 is 14.8 Å². The predicted octanol–water partition coefficient (Wildman–Crippen LogP) is 4.84. The summed E-state index contributed by atoms with van der Waals surface area (Å²) in [5.41, 5.74) is 1.28. The van der Waals surface area contributed by atoms with Crippen molar-refractivity contribution in [3.63, 3.8) is 0 Å². The second-order valence-electron chi connectivity index (χ2n) is 5.48. The van der Waals surface area contributed by atoms with Crippen LogP contribution in [0.1, 0.15) is 57.6 Å². The Morgan fingerprint density at radius 3 is 2.52 bits per heavy atom. The van der Waals surface area contributed by atoms with E-state index in [1.807, 2.05) is 0 Å². The first-order chi connectivity index (χ1) is 10.3. The molecule has 0 saturated heterocycles. The molecule has 21 heavy (non-hydrogen) atoms. The minimum atomic E-state index is 0.369. The van der Waals surface area contributed by atoms with Crippen LogP contribution in [0.15, 0.2) is 16.6 Å². The first-order valence-electron chi connectivity index (χ1n) is 8.08. The molecule has 0 radical (unpaired) electrons. The van der Waals surface area contributed by atoms with E-state index in [1.54, 1.807) is 0 Å². The van der Waals surface area contributed by atoms with Gasteiger partial charge in [0.05, 0.1) is 13.2 Å². The van der Waals surface area contributed by atoms with Gasteiger partial charge in [-0.15, -0.1) is 0 Å². The lowest BCUT2D eigenvalue weighted by atomic mass is 10.00. The number of hydrogen-bond acceptors (Lipinski definition) is 3. The Bertz CT molecular complexity index is 451. The summed E-state index contributed by atoms with van der Waals surface area (Å²) in [5, 5.41) is 3.59. The molecule has 118 valence electrons. The molecule has 1 unspecified atom stereocenters. The van der Waals surface area contributed by atoms with E-state index in [4.69, 9.17) is 9.47 Å². The van der Waals surface area contributed by atoms with E-state index in [9.17, 15) is 0 Å². The van der Waals surface area contributed by atoms with Crippen molar-refractivity contribution in [1.29, 1.82) is 0 Å². The van der Waals surface area contributed by atoms with Gasteiger partial charge in [-0.25, -0.2) is 0 Å². The summed E-state index contributed by atoms with van der Waals surface area (Å²) in [5.74, 6) is 1.73. The van der Waals surface area contributed by atoms with Gasteiger partial charge in [-0.1, -0.05) is 49.0 Å². The third kappa shape index (κ3) is 4.62. The SMILES string of the molecule is CCCCCC(NCC)c1cc2c(cc1Br)OCCCO2. The van der Waals surface area contributed by atoms with E-state index >= 15 is 0 Å². The van der Waals surface area contributed by atoms with Gasteiger partial charge in [0.1, 0.15) is 0 Å². The maximum absolute atomic E-state index is 5.82. The fourth-order valence-electron chi connectivity index (χ4n) is 2.68. The lowest BCUT2D eigenvalue weighted by molar-refractivity contribution is 0.297. The van der Waals surface area contributed by atoms with Crippen molar-refractivity contribution >= 4 is 15.9 Å². The summed E-state index contributed by atoms with van der Waals surface area (Å²) in [6.45, 7) is 6.83. The second kappa shape index (κ2) is 8.64. The molecule has 0 fully saturated rings. The molecule has 0 saturated carbocycles. The first-order valence-corrected chi connectivity index (χ1v) is 8.88. The second-order valence-corrected chi connectivity index (χ2v) is 6.33. The average molecular weight is 356 g/mol. The Morgan fingerprint density at radius 2 is 1.86 bits per heavy atom. The zero-order valence-corrected chi connectivity index (χ0v) is 14.7. The maximum Gasteiger partial charge on any atom is 0.162 e. The molecule has 3 nitrogen and oxygen atoms in total. The monoisotopic (exact) mass is 355 g/mol. The Morgan fingerprint density at radius 1 is 1.14 bits per heavy atom. The Kier molecular flexibility index (Phi) is 6.84. The van der Waals surface area contributed by atoms with Crippen molar-refractivity contribution in [1.82, 2.24) is 5.32 Å². The summed E-state index contributed by atoms with van der Waals surface area (Å²) in [7, 11) is 0. The fourth-order valence-corrected chi connectivity index (χ4v) is 3.28. The summed E-state index contributed by atoms with van der Waals surface area (Å²) in [6, 6.07) is 4.57. The number of hydrogen-bond donors (Lipinski definition) is 1. The van der Waals surface area contributed by atoms with Crippen LogP contribution in [-0.4, -0.2) is 19.8 Å². The van der Waals surface area contributed by atoms with Crippen LogP contribution in [0.2, 0.25) is 0 Å². The van der Waals surface area contributed by atoms with Gasteiger partial charge in [-0.05, 0) is 30.7 Å². The van der Waals surface area contributed by atoms with E-state index < -0.39 is 0 Å². The minimum Gasteiger partial charge on any atom is -0.490 e. The molecule has 2 rings (SSSR count). The molecule has 1 aliphatic rings. The highest BCUT2D eigenvalue weighted by Gasteiger charge is 2.19. The average Bonchev–Trinajstić information content (AvgIpc) is 2.70. The molecule has 0 aromatic heterocycles. The summed E-state index contributed by atoms with van der Waals surface area (Å²) >= 11 is 3.70. The molecule has 0 bridgehead atoms. The molecule has 0 amide bonds. The van der Waals surface area contributed by atoms with Crippen molar-refractivity contribution in [2.24, 2.45) is 0 Å². The van der Waals surface area contributed by atoms with Gasteiger partial charge in [0, 0.05) is 16.9 Å². The van der Waals surface area contributed by atoms with E-state index in [0.29, 0.717) is 6.04 Å². The van der Waals surface area contributed by atoms with Crippen molar-refractivity contribution in [2.75, 3.05) is 19.8 Å². The molecular formula is C17H26BrNO2. The van der Waals surface area contributed by atoms with Gasteiger partial charge in [0.2, 0.25) is 0 Å². The molecule has 1 aliphatic heterocycles. The van der Waals surface area contributed by atoms with E-state index in [2.05, 4.69) is 47.2 Å². The molecule has 1 atom stereocenters. The third-order valence-corrected chi connectivity index (χ3v) is 4.48. The standard InChI is InChI=1S/C17H26BrNO2/c1-3-5-6-8-15(19-4-2)13-11-16-17(12-14(13)18)21-10-7-9-20-16/h11-12,15,19H,3-10H2,1-2H3. The largest absolute Gasteiger partial charge is 0.490 e. The molecule has 1 aromatic rings. The highest BCUT2D eigenvalue weighted by molar-refractivity contribution is 9.10. The van der Waals surface area contributed by atoms with Gasteiger partial charge in [0.25, 0.3) is 0 Å². The quantitative estimate of drug-likeness (QED) is 0.709. The fraction of sp³-hybridized carbons (Fsp3) is 0.647. The van der Waals surface area contributed by atoms with Gasteiger partial charge in [0.15, 0.2) is 11.5 Å². The van der Waals surface area contributed by atoms with Crippen LogP contribution in [-0.2, 0) is 0 Å². The molecule has 0 aliphatic carbocycles. The number of rotatable bonds is 7. The van der Waals surface area contributed by atoms with Crippen LogP contribution >= 0.6 is 15.9 Å². The molecule has 1 aromatic carbocycles. The number of halogens is 1. The van der Waals surface area contributed by atoms with Crippen LogP contribution in [0.4, 0.5) is 0 Å². The number of ether oxygens (including phenoxy) is 2. The lowest BCUT2D eigenvalue weighted by Crippen LogP contribution is -2.21. The summed E-state index contributed by atoms with van der Waals surface area (Å²) in [6.07, 6.45) is 5.87. The number of benzene rings is 1. The smallest absolute Gasteiger partial charge is 0.162 e. The van der Waals surface area contributed by atoms with Crippen LogP contribution in [0.3, 0.4) is 0 Å². The zero-order valence-electron chi connectivity index (χ0n) is 13.1. The Hall–Kier alpha value is -0.740. The number of unbranched alkanes of at least 4 members (excludes halogenated alkanes) is 2. The van der Waals surface area contributed by atoms with Crippen molar-refractivity contribution in [3.8, 4) is 11.5 Å². The minimum absolute atomic E-state index is 0.369. The molecule has 4 heteroatoms. The Balaban J connectivity index is 2.20. The number of nitrogens with one attached hydrogen (secondary N) is 1. The molecule has 1 heterocycles. The topological polar surface area (TPSA) is 30.5 Å². The van der Waals surface area contributed by atoms with Crippen molar-refractivity contribution in [3.05, 3.63) is 22.2 Å². The van der Waals surface area contributed by atoms with Crippen LogP contribution in [0, 0.1) is 0 Å².